The van der Waals surface area contributed by atoms with Gasteiger partial charge in [0.15, 0.2) is 0 Å². The van der Waals surface area contributed by atoms with Gasteiger partial charge in [0.1, 0.15) is 6.54 Å². The van der Waals surface area contributed by atoms with Crippen molar-refractivity contribution >= 4 is 17.8 Å². The predicted octanol–water partition coefficient (Wildman–Crippen LogP) is 3.22. The molecule has 2 atom stereocenters. The summed E-state index contributed by atoms with van der Waals surface area (Å²) < 4.78 is 5.20. The number of nitrogens with zero attached hydrogens (tertiary/aromatic N) is 1. The highest BCUT2D eigenvalue weighted by Crippen LogP contribution is 2.60. The molecule has 0 aromatic heterocycles. The SMILES string of the molecule is CCCCOC(=O)CN1C(=O)[C@@H]2C3c4ccccc4C(c4ccccc43)[C@H]2C1=O. The van der Waals surface area contributed by atoms with Crippen molar-refractivity contribution in [2.75, 3.05) is 13.2 Å². The highest BCUT2D eigenvalue weighted by atomic mass is 16.5. The van der Waals surface area contributed by atoms with E-state index in [2.05, 4.69) is 24.3 Å². The van der Waals surface area contributed by atoms with E-state index in [9.17, 15) is 14.4 Å². The number of rotatable bonds is 5. The second-order valence-corrected chi connectivity index (χ2v) is 8.10. The third-order valence-electron chi connectivity index (χ3n) is 6.59. The van der Waals surface area contributed by atoms with Gasteiger partial charge in [-0.1, -0.05) is 61.9 Å². The standard InChI is InChI=1S/C24H23NO4/c1-2-3-12-29-18(26)13-25-23(27)21-19-14-8-4-5-9-15(14)20(22(21)24(25)28)17-11-7-6-10-16(17)19/h4-11,19-22H,2-3,12-13H2,1H3/t19?,20?,21-,22-/m1/s1. The summed E-state index contributed by atoms with van der Waals surface area (Å²) in [5.74, 6) is -2.18. The molecule has 2 bridgehead atoms. The molecule has 1 saturated heterocycles. The maximum atomic E-state index is 13.3. The van der Waals surface area contributed by atoms with Gasteiger partial charge in [0.25, 0.3) is 0 Å². The summed E-state index contributed by atoms with van der Waals surface area (Å²) in [6.07, 6.45) is 1.69. The van der Waals surface area contributed by atoms with Gasteiger partial charge in [-0.15, -0.1) is 0 Å². The molecule has 0 saturated carbocycles. The molecule has 0 N–H and O–H groups in total. The fourth-order valence-corrected chi connectivity index (χ4v) is 5.40. The van der Waals surface area contributed by atoms with E-state index >= 15 is 0 Å². The summed E-state index contributed by atoms with van der Waals surface area (Å²) in [6, 6.07) is 16.2. The Morgan fingerprint density at radius 3 is 1.72 bits per heavy atom. The molecular formula is C24H23NO4. The van der Waals surface area contributed by atoms with Gasteiger partial charge in [-0.05, 0) is 28.7 Å². The molecule has 5 nitrogen and oxygen atoms in total. The lowest BCUT2D eigenvalue weighted by atomic mass is 9.55. The summed E-state index contributed by atoms with van der Waals surface area (Å²) in [5, 5.41) is 0. The van der Waals surface area contributed by atoms with Crippen LogP contribution in [0, 0.1) is 11.8 Å². The van der Waals surface area contributed by atoms with Crippen molar-refractivity contribution in [3.8, 4) is 0 Å². The Hall–Kier alpha value is -2.95. The number of hydrogen-bond acceptors (Lipinski definition) is 4. The zero-order valence-electron chi connectivity index (χ0n) is 16.3. The summed E-state index contributed by atoms with van der Waals surface area (Å²) in [5.41, 5.74) is 4.52. The van der Waals surface area contributed by atoms with Crippen LogP contribution in [0.3, 0.4) is 0 Å². The molecular weight excluding hydrogens is 366 g/mol. The Balaban J connectivity index is 1.52. The van der Waals surface area contributed by atoms with Gasteiger partial charge in [0.2, 0.25) is 11.8 Å². The quantitative estimate of drug-likeness (QED) is 0.447. The Morgan fingerprint density at radius 1 is 0.862 bits per heavy atom. The molecule has 1 heterocycles. The number of hydrogen-bond donors (Lipinski definition) is 0. The summed E-state index contributed by atoms with van der Waals surface area (Å²) in [7, 11) is 0. The molecule has 1 aliphatic heterocycles. The first kappa shape index (κ1) is 18.1. The maximum Gasteiger partial charge on any atom is 0.326 e. The van der Waals surface area contributed by atoms with Crippen LogP contribution in [0.25, 0.3) is 0 Å². The fourth-order valence-electron chi connectivity index (χ4n) is 5.40. The normalized spacial score (nSPS) is 26.2. The topological polar surface area (TPSA) is 63.7 Å². The predicted molar refractivity (Wildman–Crippen MR) is 106 cm³/mol. The van der Waals surface area contributed by atoms with Crippen LogP contribution >= 0.6 is 0 Å². The van der Waals surface area contributed by atoms with Gasteiger partial charge in [-0.25, -0.2) is 0 Å². The highest BCUT2D eigenvalue weighted by molar-refractivity contribution is 6.09. The lowest BCUT2D eigenvalue weighted by Crippen LogP contribution is -2.41. The first-order chi connectivity index (χ1) is 14.1. The van der Waals surface area contributed by atoms with Crippen molar-refractivity contribution in [2.24, 2.45) is 11.8 Å². The first-order valence-electron chi connectivity index (χ1n) is 10.3. The van der Waals surface area contributed by atoms with Crippen molar-refractivity contribution in [3.63, 3.8) is 0 Å². The molecule has 4 aliphatic rings. The van der Waals surface area contributed by atoms with E-state index in [1.807, 2.05) is 31.2 Å². The van der Waals surface area contributed by atoms with E-state index in [4.69, 9.17) is 4.74 Å². The average molecular weight is 389 g/mol. The van der Waals surface area contributed by atoms with Gasteiger partial charge in [0.05, 0.1) is 18.4 Å². The van der Waals surface area contributed by atoms with Crippen molar-refractivity contribution in [2.45, 2.75) is 31.6 Å². The third kappa shape index (κ3) is 2.56. The average Bonchev–Trinajstić information content (AvgIpc) is 2.99. The molecule has 5 heteroatoms. The number of esters is 1. The third-order valence-corrected chi connectivity index (χ3v) is 6.59. The number of carbonyl (C=O) groups is 3. The van der Waals surface area contributed by atoms with Crippen LogP contribution in [-0.4, -0.2) is 35.8 Å². The van der Waals surface area contributed by atoms with E-state index in [-0.39, 0.29) is 30.2 Å². The Labute approximate surface area is 169 Å². The molecule has 29 heavy (non-hydrogen) atoms. The van der Waals surface area contributed by atoms with Crippen LogP contribution in [-0.2, 0) is 19.1 Å². The van der Waals surface area contributed by atoms with Crippen LogP contribution in [0.4, 0.5) is 0 Å². The van der Waals surface area contributed by atoms with Gasteiger partial charge in [-0.3, -0.25) is 19.3 Å². The number of imide groups is 1. The van der Waals surface area contributed by atoms with Gasteiger partial charge in [-0.2, -0.15) is 0 Å². The minimum atomic E-state index is -0.513. The zero-order valence-corrected chi connectivity index (χ0v) is 16.3. The van der Waals surface area contributed by atoms with Gasteiger partial charge >= 0.3 is 5.97 Å². The summed E-state index contributed by atoms with van der Waals surface area (Å²) >= 11 is 0. The van der Waals surface area contributed by atoms with Crippen molar-refractivity contribution in [1.82, 2.24) is 4.90 Å². The molecule has 2 aromatic rings. The second-order valence-electron chi connectivity index (χ2n) is 8.10. The van der Waals surface area contributed by atoms with Crippen LogP contribution < -0.4 is 0 Å². The smallest absolute Gasteiger partial charge is 0.326 e. The number of unbranched alkanes of at least 4 members (excludes halogenated alkanes) is 1. The monoisotopic (exact) mass is 389 g/mol. The lowest BCUT2D eigenvalue weighted by molar-refractivity contribution is -0.153. The van der Waals surface area contributed by atoms with Crippen molar-refractivity contribution in [3.05, 3.63) is 70.8 Å². The number of benzene rings is 2. The minimum Gasteiger partial charge on any atom is -0.464 e. The Kier molecular flexibility index (Phi) is 4.26. The molecule has 2 aromatic carbocycles. The lowest BCUT2D eigenvalue weighted by Gasteiger charge is -2.45. The Bertz CT molecular complexity index is 898. The molecule has 0 spiro atoms. The first-order valence-corrected chi connectivity index (χ1v) is 10.3. The van der Waals surface area contributed by atoms with E-state index in [1.54, 1.807) is 0 Å². The molecule has 0 unspecified atom stereocenters. The second kappa shape index (κ2) is 6.83. The number of ether oxygens (including phenoxy) is 1. The molecule has 1 fully saturated rings. The summed E-state index contributed by atoms with van der Waals surface area (Å²) in [4.78, 5) is 40.0. The number of likely N-dealkylation sites (tertiary alicyclic amines) is 1. The van der Waals surface area contributed by atoms with Crippen LogP contribution in [0.5, 0.6) is 0 Å². The van der Waals surface area contributed by atoms with Crippen LogP contribution in [0.2, 0.25) is 0 Å². The van der Waals surface area contributed by atoms with E-state index in [1.165, 1.54) is 0 Å². The highest BCUT2D eigenvalue weighted by Gasteiger charge is 2.61. The zero-order chi connectivity index (χ0) is 20.1. The molecule has 2 amide bonds. The molecule has 148 valence electrons. The number of carbonyl (C=O) groups excluding carboxylic acids is 3. The minimum absolute atomic E-state index is 0.144. The summed E-state index contributed by atoms with van der Waals surface area (Å²) in [6.45, 7) is 2.04. The van der Waals surface area contributed by atoms with E-state index < -0.39 is 17.8 Å². The van der Waals surface area contributed by atoms with E-state index in [0.29, 0.717) is 6.61 Å². The fraction of sp³-hybridized carbons (Fsp3) is 0.375. The largest absolute Gasteiger partial charge is 0.464 e. The molecule has 0 radical (unpaired) electrons. The maximum absolute atomic E-state index is 13.3. The van der Waals surface area contributed by atoms with Gasteiger partial charge < -0.3 is 4.74 Å². The molecule has 3 aliphatic carbocycles. The van der Waals surface area contributed by atoms with Crippen molar-refractivity contribution in [1.29, 1.82) is 0 Å². The van der Waals surface area contributed by atoms with Gasteiger partial charge in [0, 0.05) is 11.8 Å². The van der Waals surface area contributed by atoms with Crippen molar-refractivity contribution < 1.29 is 19.1 Å². The van der Waals surface area contributed by atoms with Crippen LogP contribution in [0.15, 0.2) is 48.5 Å². The molecule has 6 rings (SSSR count). The van der Waals surface area contributed by atoms with E-state index in [0.717, 1.165) is 40.0 Å². The number of amides is 2. The van der Waals surface area contributed by atoms with Crippen LogP contribution in [0.1, 0.15) is 53.9 Å². The Morgan fingerprint density at radius 2 is 1.31 bits per heavy atom.